The molecule has 0 aliphatic carbocycles. The quantitative estimate of drug-likeness (QED) is 0.673. The third-order valence-electron chi connectivity index (χ3n) is 5.09. The van der Waals surface area contributed by atoms with Crippen molar-refractivity contribution in [3.05, 3.63) is 89.5 Å². The van der Waals surface area contributed by atoms with Gasteiger partial charge < -0.3 is 14.5 Å². The van der Waals surface area contributed by atoms with Crippen molar-refractivity contribution < 1.29 is 19.2 Å². The van der Waals surface area contributed by atoms with Crippen molar-refractivity contribution in [3.8, 4) is 11.5 Å². The Balaban J connectivity index is 1.60. The van der Waals surface area contributed by atoms with E-state index in [1.807, 2.05) is 49.4 Å². The van der Waals surface area contributed by atoms with E-state index in [0.717, 1.165) is 11.3 Å². The number of ether oxygens (including phenoxy) is 1. The van der Waals surface area contributed by atoms with Crippen LogP contribution in [0.3, 0.4) is 0 Å². The molecule has 0 fully saturated rings. The minimum atomic E-state index is -0.578. The molecule has 0 bridgehead atoms. The van der Waals surface area contributed by atoms with Crippen molar-refractivity contribution in [3.63, 3.8) is 0 Å². The molecule has 0 saturated heterocycles. The van der Waals surface area contributed by atoms with Crippen molar-refractivity contribution in [1.82, 2.24) is 5.48 Å². The molecule has 30 heavy (non-hydrogen) atoms. The van der Waals surface area contributed by atoms with Gasteiger partial charge in [0.25, 0.3) is 5.91 Å². The second-order valence-electron chi connectivity index (χ2n) is 7.17. The van der Waals surface area contributed by atoms with E-state index in [2.05, 4.69) is 5.48 Å². The molecule has 0 unspecified atom stereocenters. The number of hydrogen-bond acceptors (Lipinski definition) is 4. The van der Waals surface area contributed by atoms with Crippen LogP contribution in [0.25, 0.3) is 0 Å². The first kappa shape index (κ1) is 19.5. The minimum absolute atomic E-state index is 0.107. The number of amides is 2. The van der Waals surface area contributed by atoms with Crippen LogP contribution >= 0.6 is 0 Å². The fraction of sp³-hybridized carbons (Fsp3) is 0.167. The second kappa shape index (κ2) is 8.29. The topological polar surface area (TPSA) is 67.9 Å². The molecule has 3 aromatic carbocycles. The molecule has 0 radical (unpaired) electrons. The van der Waals surface area contributed by atoms with Crippen LogP contribution in [0.15, 0.2) is 72.8 Å². The lowest BCUT2D eigenvalue weighted by atomic mass is 9.96. The SMILES string of the molecule is Cc1ccc(ONC(=O)c2ccccc2)c([C@H]2COc3ccccc3N(C)C2=O)c1. The molecule has 0 saturated carbocycles. The molecule has 4 rings (SSSR count). The number of anilines is 1. The number of nitrogens with zero attached hydrogens (tertiary/aromatic N) is 1. The van der Waals surface area contributed by atoms with Gasteiger partial charge >= 0.3 is 0 Å². The van der Waals surface area contributed by atoms with Gasteiger partial charge in [-0.2, -0.15) is 5.48 Å². The van der Waals surface area contributed by atoms with Crippen molar-refractivity contribution in [1.29, 1.82) is 0 Å². The lowest BCUT2D eigenvalue weighted by molar-refractivity contribution is -0.120. The highest BCUT2D eigenvalue weighted by atomic mass is 16.7. The summed E-state index contributed by atoms with van der Waals surface area (Å²) in [6.07, 6.45) is 0. The summed E-state index contributed by atoms with van der Waals surface area (Å²) in [6, 6.07) is 21.7. The van der Waals surface area contributed by atoms with Crippen LogP contribution in [0.1, 0.15) is 27.4 Å². The van der Waals surface area contributed by atoms with E-state index in [0.29, 0.717) is 22.6 Å². The number of carbonyl (C=O) groups excluding carboxylic acids is 2. The van der Waals surface area contributed by atoms with Crippen molar-refractivity contribution in [2.75, 3.05) is 18.6 Å². The molecular formula is C24H22N2O4. The average Bonchev–Trinajstić information content (AvgIpc) is 2.90. The Hall–Kier alpha value is -3.80. The van der Waals surface area contributed by atoms with Crippen LogP contribution in [-0.2, 0) is 4.79 Å². The zero-order valence-electron chi connectivity index (χ0n) is 16.8. The zero-order valence-corrected chi connectivity index (χ0v) is 16.8. The van der Waals surface area contributed by atoms with Gasteiger partial charge in [-0.05, 0) is 37.3 Å². The van der Waals surface area contributed by atoms with Gasteiger partial charge in [-0.3, -0.25) is 9.59 Å². The fourth-order valence-corrected chi connectivity index (χ4v) is 3.46. The highest BCUT2D eigenvalue weighted by molar-refractivity contribution is 6.00. The lowest BCUT2D eigenvalue weighted by Crippen LogP contribution is -2.33. The fourth-order valence-electron chi connectivity index (χ4n) is 3.46. The number of hydroxylamine groups is 1. The summed E-state index contributed by atoms with van der Waals surface area (Å²) in [5.41, 5.74) is 5.31. The predicted molar refractivity (Wildman–Crippen MR) is 114 cm³/mol. The maximum atomic E-state index is 13.2. The molecule has 1 aliphatic heterocycles. The number of hydrogen-bond donors (Lipinski definition) is 1. The normalized spacial score (nSPS) is 15.6. The van der Waals surface area contributed by atoms with E-state index < -0.39 is 5.92 Å². The van der Waals surface area contributed by atoms with E-state index >= 15 is 0 Å². The Morgan fingerprint density at radius 2 is 1.80 bits per heavy atom. The Labute approximate surface area is 175 Å². The molecule has 2 amide bonds. The third kappa shape index (κ3) is 3.85. The smallest absolute Gasteiger partial charge is 0.283 e. The first-order chi connectivity index (χ1) is 14.5. The molecule has 6 nitrogen and oxygen atoms in total. The summed E-state index contributed by atoms with van der Waals surface area (Å²) in [5, 5.41) is 0. The number of aryl methyl sites for hydroxylation is 1. The number of benzene rings is 3. The van der Waals surface area contributed by atoms with E-state index in [-0.39, 0.29) is 18.4 Å². The lowest BCUT2D eigenvalue weighted by Gasteiger charge is -2.22. The average molecular weight is 402 g/mol. The molecule has 1 aliphatic rings. The number of para-hydroxylation sites is 2. The van der Waals surface area contributed by atoms with Crippen LogP contribution in [0.2, 0.25) is 0 Å². The molecule has 0 aromatic heterocycles. The van der Waals surface area contributed by atoms with E-state index in [1.54, 1.807) is 42.3 Å². The van der Waals surface area contributed by atoms with Gasteiger partial charge in [0.1, 0.15) is 18.3 Å². The molecule has 1 atom stereocenters. The van der Waals surface area contributed by atoms with Gasteiger partial charge in [0.15, 0.2) is 5.75 Å². The van der Waals surface area contributed by atoms with Crippen LogP contribution < -0.4 is 20.0 Å². The number of rotatable bonds is 4. The number of fused-ring (bicyclic) bond motifs is 1. The summed E-state index contributed by atoms with van der Waals surface area (Å²) < 4.78 is 5.94. The summed E-state index contributed by atoms with van der Waals surface area (Å²) in [4.78, 5) is 32.8. The third-order valence-corrected chi connectivity index (χ3v) is 5.09. The second-order valence-corrected chi connectivity index (χ2v) is 7.17. The molecule has 1 N–H and O–H groups in total. The van der Waals surface area contributed by atoms with Crippen LogP contribution in [0.4, 0.5) is 5.69 Å². The standard InChI is InChI=1S/C24H22N2O4/c1-16-12-13-21(30-25-23(27)17-8-4-3-5-9-17)18(14-16)19-15-29-22-11-7-6-10-20(22)26(2)24(19)28/h3-14,19H,15H2,1-2H3,(H,25,27)/t19-/m1/s1. The molecular weight excluding hydrogens is 380 g/mol. The summed E-state index contributed by atoms with van der Waals surface area (Å²) >= 11 is 0. The minimum Gasteiger partial charge on any atom is -0.490 e. The van der Waals surface area contributed by atoms with Gasteiger partial charge in [-0.25, -0.2) is 0 Å². The summed E-state index contributed by atoms with van der Waals surface area (Å²) in [6.45, 7) is 2.11. The van der Waals surface area contributed by atoms with Gasteiger partial charge in [0, 0.05) is 18.2 Å². The highest BCUT2D eigenvalue weighted by Crippen LogP contribution is 2.37. The van der Waals surface area contributed by atoms with Crippen LogP contribution in [0.5, 0.6) is 11.5 Å². The molecule has 1 heterocycles. The monoisotopic (exact) mass is 402 g/mol. The van der Waals surface area contributed by atoms with Gasteiger partial charge in [0.2, 0.25) is 5.91 Å². The van der Waals surface area contributed by atoms with Crippen molar-refractivity contribution in [2.24, 2.45) is 0 Å². The summed E-state index contributed by atoms with van der Waals surface area (Å²) in [5.74, 6) is 0.0142. The van der Waals surface area contributed by atoms with E-state index in [9.17, 15) is 9.59 Å². The molecule has 6 heteroatoms. The van der Waals surface area contributed by atoms with Crippen LogP contribution in [0, 0.1) is 6.92 Å². The van der Waals surface area contributed by atoms with Gasteiger partial charge in [-0.15, -0.1) is 0 Å². The number of carbonyl (C=O) groups is 2. The maximum absolute atomic E-state index is 13.2. The Morgan fingerprint density at radius 1 is 1.07 bits per heavy atom. The summed E-state index contributed by atoms with van der Waals surface area (Å²) in [7, 11) is 1.73. The van der Waals surface area contributed by atoms with Crippen LogP contribution in [-0.4, -0.2) is 25.5 Å². The maximum Gasteiger partial charge on any atom is 0.283 e. The molecule has 3 aromatic rings. The Morgan fingerprint density at radius 3 is 2.60 bits per heavy atom. The highest BCUT2D eigenvalue weighted by Gasteiger charge is 2.32. The first-order valence-electron chi connectivity index (χ1n) is 9.67. The largest absolute Gasteiger partial charge is 0.490 e. The predicted octanol–water partition coefficient (Wildman–Crippen LogP) is 3.86. The Bertz CT molecular complexity index is 1080. The first-order valence-corrected chi connectivity index (χ1v) is 9.67. The van der Waals surface area contributed by atoms with E-state index in [4.69, 9.17) is 9.57 Å². The molecule has 152 valence electrons. The van der Waals surface area contributed by atoms with E-state index in [1.165, 1.54) is 0 Å². The van der Waals surface area contributed by atoms with Crippen molar-refractivity contribution in [2.45, 2.75) is 12.8 Å². The number of nitrogens with one attached hydrogen (secondary N) is 1. The van der Waals surface area contributed by atoms with Gasteiger partial charge in [-0.1, -0.05) is 48.0 Å². The number of likely N-dealkylation sites (N-methyl/N-ethyl adjacent to an activating group) is 1. The van der Waals surface area contributed by atoms with Gasteiger partial charge in [0.05, 0.1) is 5.69 Å². The Kier molecular flexibility index (Phi) is 5.39. The zero-order chi connectivity index (χ0) is 21.1. The van der Waals surface area contributed by atoms with Crippen molar-refractivity contribution >= 4 is 17.5 Å². The molecule has 0 spiro atoms.